The Bertz CT molecular complexity index is 627. The molecule has 1 heterocycles. The van der Waals surface area contributed by atoms with Gasteiger partial charge in [0.25, 0.3) is 0 Å². The van der Waals surface area contributed by atoms with Gasteiger partial charge in [-0.25, -0.2) is 0 Å². The van der Waals surface area contributed by atoms with Crippen LogP contribution in [0.2, 0.25) is 0 Å². The number of nitrogens with one attached hydrogen (secondary N) is 1. The smallest absolute Gasteiger partial charge is 0.153 e. The molecule has 0 atom stereocenters. The number of nitrogen functional groups attached to an aromatic ring is 1. The first kappa shape index (κ1) is 14.0. The van der Waals surface area contributed by atoms with E-state index in [4.69, 9.17) is 10.5 Å². The van der Waals surface area contributed by atoms with Crippen LogP contribution in [0.3, 0.4) is 0 Å². The van der Waals surface area contributed by atoms with E-state index in [-0.39, 0.29) is 5.41 Å². The number of hydrogen-bond acceptors (Lipinski definition) is 3. The summed E-state index contributed by atoms with van der Waals surface area (Å²) in [5.74, 6) is 1.41. The lowest BCUT2D eigenvalue weighted by molar-refractivity contribution is 0.312. The summed E-state index contributed by atoms with van der Waals surface area (Å²) in [7, 11) is 1.68. The van der Waals surface area contributed by atoms with E-state index < -0.39 is 0 Å². The number of benzene rings is 1. The summed E-state index contributed by atoms with van der Waals surface area (Å²) in [6.45, 7) is 2.32. The van der Waals surface area contributed by atoms with Crippen molar-refractivity contribution < 1.29 is 4.74 Å². The van der Waals surface area contributed by atoms with Gasteiger partial charge in [0.2, 0.25) is 0 Å². The molecule has 3 N–H and O–H groups in total. The Hall–Kier alpha value is -1.97. The lowest BCUT2D eigenvalue weighted by Gasteiger charge is -2.33. The standard InChI is InChI=1S/C17H23N3O/c1-17(9-4-3-5-10-17)15-14(16(18)20-19-15)12-7-6-8-13(11-12)21-2/h6-8,11H,3-5,9-10H2,1-2H3,(H3,18,19,20). The van der Waals surface area contributed by atoms with Gasteiger partial charge in [-0.1, -0.05) is 38.3 Å². The number of anilines is 1. The Morgan fingerprint density at radius 3 is 2.71 bits per heavy atom. The maximum Gasteiger partial charge on any atom is 0.153 e. The van der Waals surface area contributed by atoms with Gasteiger partial charge in [-0.3, -0.25) is 5.10 Å². The fourth-order valence-corrected chi connectivity index (χ4v) is 3.45. The van der Waals surface area contributed by atoms with Gasteiger partial charge in [0.1, 0.15) is 5.75 Å². The number of hydrogen-bond donors (Lipinski definition) is 2. The van der Waals surface area contributed by atoms with Gasteiger partial charge in [0.05, 0.1) is 12.8 Å². The summed E-state index contributed by atoms with van der Waals surface area (Å²) >= 11 is 0. The fraction of sp³-hybridized carbons (Fsp3) is 0.471. The first-order valence-corrected chi connectivity index (χ1v) is 7.63. The molecule has 4 heteroatoms. The molecule has 0 aliphatic heterocycles. The van der Waals surface area contributed by atoms with E-state index in [0.717, 1.165) is 16.9 Å². The number of H-pyrrole nitrogens is 1. The van der Waals surface area contributed by atoms with Gasteiger partial charge in [-0.2, -0.15) is 5.10 Å². The minimum atomic E-state index is 0.140. The number of aromatic amines is 1. The molecule has 1 fully saturated rings. The van der Waals surface area contributed by atoms with Crippen LogP contribution in [0.15, 0.2) is 24.3 Å². The molecule has 1 aliphatic rings. The van der Waals surface area contributed by atoms with Crippen LogP contribution in [-0.2, 0) is 5.41 Å². The monoisotopic (exact) mass is 285 g/mol. The highest BCUT2D eigenvalue weighted by Gasteiger charge is 2.34. The molecule has 0 radical (unpaired) electrons. The molecule has 1 aliphatic carbocycles. The second-order valence-corrected chi connectivity index (χ2v) is 6.21. The second kappa shape index (κ2) is 5.43. The molecule has 1 aromatic carbocycles. The van der Waals surface area contributed by atoms with Gasteiger partial charge in [-0.05, 0) is 30.5 Å². The van der Waals surface area contributed by atoms with E-state index in [1.54, 1.807) is 7.11 Å². The summed E-state index contributed by atoms with van der Waals surface area (Å²) in [4.78, 5) is 0. The molecule has 1 aromatic heterocycles. The average Bonchev–Trinajstić information content (AvgIpc) is 2.90. The topological polar surface area (TPSA) is 63.9 Å². The van der Waals surface area contributed by atoms with Crippen molar-refractivity contribution in [2.75, 3.05) is 12.8 Å². The molecule has 0 bridgehead atoms. The van der Waals surface area contributed by atoms with E-state index in [9.17, 15) is 0 Å². The summed E-state index contributed by atoms with van der Waals surface area (Å²) in [5, 5.41) is 7.49. The Balaban J connectivity index is 2.08. The summed E-state index contributed by atoms with van der Waals surface area (Å²) in [5.41, 5.74) is 9.57. The van der Waals surface area contributed by atoms with E-state index >= 15 is 0 Å². The zero-order valence-corrected chi connectivity index (χ0v) is 12.8. The van der Waals surface area contributed by atoms with Crippen LogP contribution in [0, 0.1) is 0 Å². The SMILES string of the molecule is COc1cccc(-c2c(N)n[nH]c2C2(C)CCCCC2)c1. The molecule has 0 saturated heterocycles. The summed E-state index contributed by atoms with van der Waals surface area (Å²) in [6, 6.07) is 8.03. The predicted octanol–water partition coefficient (Wildman–Crippen LogP) is 3.89. The van der Waals surface area contributed by atoms with Crippen LogP contribution in [0.5, 0.6) is 5.75 Å². The van der Waals surface area contributed by atoms with Gasteiger partial charge >= 0.3 is 0 Å². The largest absolute Gasteiger partial charge is 0.497 e. The molecular formula is C17H23N3O. The molecule has 21 heavy (non-hydrogen) atoms. The van der Waals surface area contributed by atoms with Crippen molar-refractivity contribution in [3.63, 3.8) is 0 Å². The van der Waals surface area contributed by atoms with Crippen molar-refractivity contribution in [1.82, 2.24) is 10.2 Å². The number of methoxy groups -OCH3 is 1. The van der Waals surface area contributed by atoms with Crippen LogP contribution in [0.1, 0.15) is 44.7 Å². The van der Waals surface area contributed by atoms with Gasteiger partial charge in [0, 0.05) is 11.0 Å². The fourth-order valence-electron chi connectivity index (χ4n) is 3.45. The number of rotatable bonds is 3. The normalized spacial score (nSPS) is 17.6. The van der Waals surface area contributed by atoms with Crippen molar-refractivity contribution in [1.29, 1.82) is 0 Å². The zero-order chi connectivity index (χ0) is 14.9. The minimum absolute atomic E-state index is 0.140. The number of aromatic nitrogens is 2. The molecule has 1 saturated carbocycles. The number of ether oxygens (including phenoxy) is 1. The van der Waals surface area contributed by atoms with Crippen LogP contribution in [0.25, 0.3) is 11.1 Å². The first-order chi connectivity index (χ1) is 10.1. The van der Waals surface area contributed by atoms with Crippen LogP contribution in [0.4, 0.5) is 5.82 Å². The first-order valence-electron chi connectivity index (χ1n) is 7.63. The lowest BCUT2D eigenvalue weighted by atomic mass is 9.72. The Kier molecular flexibility index (Phi) is 3.62. The third-order valence-corrected chi connectivity index (χ3v) is 4.71. The van der Waals surface area contributed by atoms with Crippen molar-refractivity contribution in [2.45, 2.75) is 44.4 Å². The molecule has 4 nitrogen and oxygen atoms in total. The van der Waals surface area contributed by atoms with Gasteiger partial charge in [-0.15, -0.1) is 0 Å². The van der Waals surface area contributed by atoms with Gasteiger partial charge < -0.3 is 10.5 Å². The molecule has 3 rings (SSSR count). The van der Waals surface area contributed by atoms with Crippen LogP contribution in [-0.4, -0.2) is 17.3 Å². The molecule has 0 unspecified atom stereocenters. The van der Waals surface area contributed by atoms with Crippen molar-refractivity contribution in [3.8, 4) is 16.9 Å². The Labute approximate surface area is 125 Å². The average molecular weight is 285 g/mol. The quantitative estimate of drug-likeness (QED) is 0.899. The van der Waals surface area contributed by atoms with E-state index in [0.29, 0.717) is 5.82 Å². The highest BCUT2D eigenvalue weighted by Crippen LogP contribution is 2.44. The Morgan fingerprint density at radius 1 is 1.24 bits per heavy atom. The third kappa shape index (κ3) is 2.50. The maximum atomic E-state index is 6.15. The highest BCUT2D eigenvalue weighted by molar-refractivity contribution is 5.78. The molecule has 0 amide bonds. The Morgan fingerprint density at radius 2 is 2.00 bits per heavy atom. The van der Waals surface area contributed by atoms with Crippen LogP contribution < -0.4 is 10.5 Å². The van der Waals surface area contributed by atoms with Gasteiger partial charge in [0.15, 0.2) is 5.82 Å². The zero-order valence-electron chi connectivity index (χ0n) is 12.8. The lowest BCUT2D eigenvalue weighted by Crippen LogP contribution is -2.26. The second-order valence-electron chi connectivity index (χ2n) is 6.21. The number of nitrogens with two attached hydrogens (primary N) is 1. The molecule has 112 valence electrons. The van der Waals surface area contributed by atoms with E-state index in [2.05, 4.69) is 23.2 Å². The number of nitrogens with zero attached hydrogens (tertiary/aromatic N) is 1. The van der Waals surface area contributed by atoms with E-state index in [1.165, 1.54) is 37.8 Å². The maximum absolute atomic E-state index is 6.15. The molecule has 2 aromatic rings. The molecular weight excluding hydrogens is 262 g/mol. The van der Waals surface area contributed by atoms with Crippen molar-refractivity contribution in [3.05, 3.63) is 30.0 Å². The minimum Gasteiger partial charge on any atom is -0.497 e. The van der Waals surface area contributed by atoms with Crippen molar-refractivity contribution in [2.24, 2.45) is 0 Å². The highest BCUT2D eigenvalue weighted by atomic mass is 16.5. The summed E-state index contributed by atoms with van der Waals surface area (Å²) in [6.07, 6.45) is 6.24. The third-order valence-electron chi connectivity index (χ3n) is 4.71. The van der Waals surface area contributed by atoms with E-state index in [1.807, 2.05) is 18.2 Å². The predicted molar refractivity (Wildman–Crippen MR) is 85.4 cm³/mol. The van der Waals surface area contributed by atoms with Crippen LogP contribution >= 0.6 is 0 Å². The van der Waals surface area contributed by atoms with Crippen molar-refractivity contribution >= 4 is 5.82 Å². The molecule has 0 spiro atoms. The summed E-state index contributed by atoms with van der Waals surface area (Å²) < 4.78 is 5.33.